The summed E-state index contributed by atoms with van der Waals surface area (Å²) in [5, 5.41) is 22.3. The summed E-state index contributed by atoms with van der Waals surface area (Å²) in [4.78, 5) is 11.1. The van der Waals surface area contributed by atoms with Gasteiger partial charge in [-0.2, -0.15) is 18.4 Å². The lowest BCUT2D eigenvalue weighted by molar-refractivity contribution is -0.137. The van der Waals surface area contributed by atoms with Crippen LogP contribution in [0.4, 0.5) is 13.2 Å². The van der Waals surface area contributed by atoms with Crippen molar-refractivity contribution in [1.29, 1.82) is 5.26 Å². The first-order valence-corrected chi connectivity index (χ1v) is 11.2. The normalized spacial score (nSPS) is 11.5. The van der Waals surface area contributed by atoms with Crippen LogP contribution in [0.2, 0.25) is 0 Å². The predicted octanol–water partition coefficient (Wildman–Crippen LogP) is 6.69. The molecule has 3 aromatic carbocycles. The Balaban J connectivity index is 1.74. The summed E-state index contributed by atoms with van der Waals surface area (Å²) in [6.45, 7) is 0.727. The molecule has 0 radical (unpaired) electrons. The summed E-state index contributed by atoms with van der Waals surface area (Å²) in [5.41, 5.74) is 1.33. The number of fused-ring (bicyclic) bond motifs is 1. The van der Waals surface area contributed by atoms with Crippen LogP contribution in [0.5, 0.6) is 0 Å². The van der Waals surface area contributed by atoms with Gasteiger partial charge in [0.1, 0.15) is 6.07 Å². The van der Waals surface area contributed by atoms with Crippen molar-refractivity contribution in [3.8, 4) is 27.6 Å². The number of aliphatic carboxylic acids is 1. The maximum atomic E-state index is 14.0. The van der Waals surface area contributed by atoms with Gasteiger partial charge in [0.25, 0.3) is 0 Å². The summed E-state index contributed by atoms with van der Waals surface area (Å²) in [6.07, 6.45) is -4.56. The fraction of sp³-hybridized carbons (Fsp3) is 0.154. The van der Waals surface area contributed by atoms with Crippen LogP contribution in [0.3, 0.4) is 0 Å². The standard InChI is InChI=1S/C26H19F3N2O2S/c27-26(28,29)22-13-18(7-8-19(22)17-4-2-1-3-5-17)25-21(14-30)20-12-16(6-9-23(20)34-25)15-31-11-10-24(32)33/h1-9,12-13,31H,10-11,15H2,(H,32,33). The van der Waals surface area contributed by atoms with Crippen molar-refractivity contribution in [3.63, 3.8) is 0 Å². The third-order valence-electron chi connectivity index (χ3n) is 5.38. The van der Waals surface area contributed by atoms with Crippen LogP contribution in [0, 0.1) is 11.3 Å². The first-order valence-electron chi connectivity index (χ1n) is 10.4. The zero-order valence-electron chi connectivity index (χ0n) is 17.8. The molecule has 0 bridgehead atoms. The number of nitrogens with one attached hydrogen (secondary N) is 1. The number of rotatable bonds is 7. The van der Waals surface area contributed by atoms with E-state index in [0.29, 0.717) is 40.0 Å². The molecular formula is C26H19F3N2O2S. The van der Waals surface area contributed by atoms with Crippen LogP contribution in [-0.2, 0) is 17.5 Å². The molecule has 0 aliphatic carbocycles. The van der Waals surface area contributed by atoms with Gasteiger partial charge in [0, 0.05) is 23.2 Å². The SMILES string of the molecule is N#Cc1c(-c2ccc(-c3ccccc3)c(C(F)(F)F)c2)sc2ccc(CNCCC(=O)O)cc12. The summed E-state index contributed by atoms with van der Waals surface area (Å²) < 4.78 is 42.7. The Morgan fingerprint density at radius 1 is 1.03 bits per heavy atom. The number of hydrogen-bond donors (Lipinski definition) is 2. The summed E-state index contributed by atoms with van der Waals surface area (Å²) in [7, 11) is 0. The van der Waals surface area contributed by atoms with Crippen molar-refractivity contribution in [2.45, 2.75) is 19.1 Å². The Kier molecular flexibility index (Phi) is 6.68. The molecule has 0 unspecified atom stereocenters. The Bertz CT molecular complexity index is 1390. The highest BCUT2D eigenvalue weighted by molar-refractivity contribution is 7.22. The van der Waals surface area contributed by atoms with Gasteiger partial charge in [0.15, 0.2) is 0 Å². The molecule has 0 fully saturated rings. The number of alkyl halides is 3. The van der Waals surface area contributed by atoms with Crippen LogP contribution in [0.1, 0.15) is 23.1 Å². The van der Waals surface area contributed by atoms with E-state index in [1.165, 1.54) is 17.4 Å². The van der Waals surface area contributed by atoms with E-state index < -0.39 is 17.7 Å². The van der Waals surface area contributed by atoms with E-state index in [0.717, 1.165) is 16.3 Å². The summed E-state index contributed by atoms with van der Waals surface area (Å²) >= 11 is 1.28. The average Bonchev–Trinajstić information content (AvgIpc) is 3.19. The Morgan fingerprint density at radius 2 is 1.79 bits per heavy atom. The zero-order chi connectivity index (χ0) is 24.3. The van der Waals surface area contributed by atoms with Gasteiger partial charge in [-0.1, -0.05) is 48.5 Å². The van der Waals surface area contributed by atoms with E-state index in [2.05, 4.69) is 11.4 Å². The number of carbonyl (C=O) groups is 1. The van der Waals surface area contributed by atoms with E-state index >= 15 is 0 Å². The first kappa shape index (κ1) is 23.5. The maximum absolute atomic E-state index is 14.0. The molecule has 4 nitrogen and oxygen atoms in total. The topological polar surface area (TPSA) is 73.1 Å². The van der Waals surface area contributed by atoms with E-state index in [-0.39, 0.29) is 12.0 Å². The molecule has 4 aromatic rings. The summed E-state index contributed by atoms with van der Waals surface area (Å²) in [5.74, 6) is -0.895. The lowest BCUT2D eigenvalue weighted by Gasteiger charge is -2.14. The van der Waals surface area contributed by atoms with E-state index in [4.69, 9.17) is 5.11 Å². The van der Waals surface area contributed by atoms with Crippen molar-refractivity contribution in [1.82, 2.24) is 5.32 Å². The molecule has 8 heteroatoms. The van der Waals surface area contributed by atoms with Gasteiger partial charge in [-0.3, -0.25) is 4.79 Å². The highest BCUT2D eigenvalue weighted by Gasteiger charge is 2.34. The molecule has 0 saturated carbocycles. The third kappa shape index (κ3) is 4.96. The molecule has 2 N–H and O–H groups in total. The second-order valence-corrected chi connectivity index (χ2v) is 8.75. The molecule has 0 spiro atoms. The first-order chi connectivity index (χ1) is 16.3. The Hall–Kier alpha value is -3.67. The molecule has 34 heavy (non-hydrogen) atoms. The average molecular weight is 481 g/mol. The van der Waals surface area contributed by atoms with E-state index in [1.54, 1.807) is 36.4 Å². The van der Waals surface area contributed by atoms with Crippen LogP contribution in [-0.4, -0.2) is 17.6 Å². The van der Waals surface area contributed by atoms with Gasteiger partial charge in [0.2, 0.25) is 0 Å². The van der Waals surface area contributed by atoms with Gasteiger partial charge in [0.05, 0.1) is 22.4 Å². The molecule has 172 valence electrons. The second-order valence-electron chi connectivity index (χ2n) is 7.69. The molecule has 0 atom stereocenters. The lowest BCUT2D eigenvalue weighted by atomic mass is 9.95. The molecule has 0 aliphatic rings. The second kappa shape index (κ2) is 9.67. The quantitative estimate of drug-likeness (QED) is 0.289. The minimum Gasteiger partial charge on any atom is -0.481 e. The fourth-order valence-electron chi connectivity index (χ4n) is 3.79. The minimum atomic E-state index is -4.56. The number of carboxylic acid groups (broad SMARTS) is 1. The van der Waals surface area contributed by atoms with Crippen LogP contribution in [0.15, 0.2) is 66.7 Å². The van der Waals surface area contributed by atoms with Crippen molar-refractivity contribution < 1.29 is 23.1 Å². The number of halogens is 3. The fourth-order valence-corrected chi connectivity index (χ4v) is 4.92. The molecular weight excluding hydrogens is 461 g/mol. The molecule has 0 aliphatic heterocycles. The van der Waals surface area contributed by atoms with Crippen LogP contribution in [0.25, 0.3) is 31.7 Å². The number of benzene rings is 3. The number of nitriles is 1. The Labute approximate surface area is 197 Å². The monoisotopic (exact) mass is 480 g/mol. The number of nitrogens with zero attached hydrogens (tertiary/aromatic N) is 1. The lowest BCUT2D eigenvalue weighted by Crippen LogP contribution is -2.17. The largest absolute Gasteiger partial charge is 0.481 e. The highest BCUT2D eigenvalue weighted by atomic mass is 32.1. The van der Waals surface area contributed by atoms with Gasteiger partial charge >= 0.3 is 12.1 Å². The maximum Gasteiger partial charge on any atom is 0.417 e. The van der Waals surface area contributed by atoms with Gasteiger partial charge in [-0.15, -0.1) is 11.3 Å². The van der Waals surface area contributed by atoms with Crippen LogP contribution < -0.4 is 5.32 Å². The van der Waals surface area contributed by atoms with Gasteiger partial charge in [-0.05, 0) is 40.5 Å². The number of thiophene rings is 1. The van der Waals surface area contributed by atoms with Crippen molar-refractivity contribution in [2.75, 3.05) is 6.54 Å². The van der Waals surface area contributed by atoms with E-state index in [9.17, 15) is 23.2 Å². The van der Waals surface area contributed by atoms with Gasteiger partial charge < -0.3 is 10.4 Å². The highest BCUT2D eigenvalue weighted by Crippen LogP contribution is 2.43. The molecule has 0 saturated heterocycles. The molecule has 1 aromatic heterocycles. The van der Waals surface area contributed by atoms with E-state index in [1.807, 2.05) is 18.2 Å². The van der Waals surface area contributed by atoms with Crippen molar-refractivity contribution in [3.05, 3.63) is 83.4 Å². The molecule has 0 amide bonds. The van der Waals surface area contributed by atoms with Crippen molar-refractivity contribution in [2.24, 2.45) is 0 Å². The zero-order valence-corrected chi connectivity index (χ0v) is 18.6. The minimum absolute atomic E-state index is 0.00515. The van der Waals surface area contributed by atoms with Crippen LogP contribution >= 0.6 is 11.3 Å². The smallest absolute Gasteiger partial charge is 0.417 e. The Morgan fingerprint density at radius 3 is 2.47 bits per heavy atom. The van der Waals surface area contributed by atoms with Gasteiger partial charge in [-0.25, -0.2) is 0 Å². The number of carboxylic acids is 1. The molecule has 1 heterocycles. The van der Waals surface area contributed by atoms with Crippen molar-refractivity contribution >= 4 is 27.4 Å². The molecule has 4 rings (SSSR count). The third-order valence-corrected chi connectivity index (χ3v) is 6.60. The number of hydrogen-bond acceptors (Lipinski definition) is 4. The summed E-state index contributed by atoms with van der Waals surface area (Å²) in [6, 6.07) is 20.3. The predicted molar refractivity (Wildman–Crippen MR) is 126 cm³/mol.